The van der Waals surface area contributed by atoms with E-state index in [2.05, 4.69) is 31.3 Å². The van der Waals surface area contributed by atoms with Crippen LogP contribution < -0.4 is 5.32 Å². The molecule has 0 aliphatic rings. The first-order chi connectivity index (χ1) is 31.5. The Balaban J connectivity index is 4.20. The van der Waals surface area contributed by atoms with E-state index in [4.69, 9.17) is 9.05 Å². The second kappa shape index (κ2) is 48.0. The van der Waals surface area contributed by atoms with Gasteiger partial charge < -0.3 is 19.8 Å². The second-order valence-electron chi connectivity index (χ2n) is 20.7. The summed E-state index contributed by atoms with van der Waals surface area (Å²) in [5, 5.41) is 13.9. The molecule has 3 unspecified atom stereocenters. The fourth-order valence-electron chi connectivity index (χ4n) is 8.47. The monoisotopic (exact) mass is 940 g/mol. The Bertz CT molecular complexity index is 1110. The molecule has 0 fully saturated rings. The van der Waals surface area contributed by atoms with Crippen molar-refractivity contribution in [3.63, 3.8) is 0 Å². The molecule has 0 rings (SSSR count). The fraction of sp³-hybridized carbons (Fsp3) is 0.911. The van der Waals surface area contributed by atoms with E-state index in [0.29, 0.717) is 17.4 Å². The first kappa shape index (κ1) is 64.0. The van der Waals surface area contributed by atoms with Crippen LogP contribution in [-0.2, 0) is 18.4 Å². The Hall–Kier alpha value is -1.02. The highest BCUT2D eigenvalue weighted by Gasteiger charge is 2.27. The van der Waals surface area contributed by atoms with E-state index in [1.807, 2.05) is 27.2 Å². The predicted molar refractivity (Wildman–Crippen MR) is 281 cm³/mol. The molecule has 1 amide bonds. The number of hydrogen-bond donors (Lipinski definition) is 3. The normalized spacial score (nSPS) is 14.1. The minimum Gasteiger partial charge on any atom is -0.387 e. The van der Waals surface area contributed by atoms with Crippen LogP contribution in [0.2, 0.25) is 0 Å². The molecular formula is C56H112N2O6P+. The Labute approximate surface area is 404 Å². The summed E-state index contributed by atoms with van der Waals surface area (Å²) in [5.74, 6) is -0.181. The molecule has 0 radical (unpaired) electrons. The van der Waals surface area contributed by atoms with Gasteiger partial charge >= 0.3 is 7.82 Å². The van der Waals surface area contributed by atoms with Crippen molar-refractivity contribution in [2.45, 2.75) is 289 Å². The van der Waals surface area contributed by atoms with Crippen LogP contribution in [0.1, 0.15) is 277 Å². The van der Waals surface area contributed by atoms with Gasteiger partial charge in [0, 0.05) is 6.42 Å². The highest BCUT2D eigenvalue weighted by Crippen LogP contribution is 2.43. The second-order valence-corrected chi connectivity index (χ2v) is 22.1. The predicted octanol–water partition coefficient (Wildman–Crippen LogP) is 16.8. The van der Waals surface area contributed by atoms with Crippen molar-refractivity contribution in [1.82, 2.24) is 5.32 Å². The van der Waals surface area contributed by atoms with Crippen LogP contribution in [0.15, 0.2) is 24.3 Å². The van der Waals surface area contributed by atoms with Gasteiger partial charge in [-0.05, 0) is 32.1 Å². The number of carbonyl (C=O) groups is 1. The lowest BCUT2D eigenvalue weighted by atomic mass is 10.0. The minimum atomic E-state index is -4.35. The van der Waals surface area contributed by atoms with Crippen LogP contribution in [0.3, 0.4) is 0 Å². The third-order valence-corrected chi connectivity index (χ3v) is 13.9. The van der Waals surface area contributed by atoms with Gasteiger partial charge in [-0.2, -0.15) is 0 Å². The van der Waals surface area contributed by atoms with Crippen molar-refractivity contribution >= 4 is 13.7 Å². The lowest BCUT2D eigenvalue weighted by Crippen LogP contribution is -2.45. The maximum atomic E-state index is 13.0. The van der Waals surface area contributed by atoms with E-state index >= 15 is 0 Å². The van der Waals surface area contributed by atoms with Crippen LogP contribution in [0.4, 0.5) is 0 Å². The number of aliphatic hydroxyl groups excluding tert-OH is 1. The number of carbonyl (C=O) groups excluding carboxylic acids is 1. The molecule has 0 bridgehead atoms. The Morgan fingerprint density at radius 3 is 1.23 bits per heavy atom. The fourth-order valence-corrected chi connectivity index (χ4v) is 9.21. The molecule has 386 valence electrons. The van der Waals surface area contributed by atoms with Gasteiger partial charge in [-0.25, -0.2) is 4.57 Å². The molecule has 0 aliphatic carbocycles. The van der Waals surface area contributed by atoms with Gasteiger partial charge in [0.15, 0.2) is 0 Å². The summed E-state index contributed by atoms with van der Waals surface area (Å²) in [7, 11) is 1.57. The molecule has 0 aromatic heterocycles. The summed E-state index contributed by atoms with van der Waals surface area (Å²) >= 11 is 0. The van der Waals surface area contributed by atoms with Crippen molar-refractivity contribution in [2.24, 2.45) is 0 Å². The van der Waals surface area contributed by atoms with Gasteiger partial charge in [0.1, 0.15) is 13.2 Å². The van der Waals surface area contributed by atoms with Crippen LogP contribution in [0, 0.1) is 0 Å². The lowest BCUT2D eigenvalue weighted by Gasteiger charge is -2.25. The highest BCUT2D eigenvalue weighted by molar-refractivity contribution is 7.47. The Morgan fingerprint density at radius 2 is 0.846 bits per heavy atom. The van der Waals surface area contributed by atoms with Crippen molar-refractivity contribution in [2.75, 3.05) is 40.9 Å². The summed E-state index contributed by atoms with van der Waals surface area (Å²) in [6.07, 6.45) is 59.9. The quantitative estimate of drug-likeness (QED) is 0.0243. The van der Waals surface area contributed by atoms with Gasteiger partial charge in [0.05, 0.1) is 39.9 Å². The SMILES string of the molecule is CCCCCCCCCCCCCC/C=C/CC/C=C/C(O)C(COP(=O)(O)OCC[N+](C)(C)C)NC(=O)CCCCCCCCCCCCCCCCCCCCCCCCCCC. The standard InChI is InChI=1S/C56H111N2O6P/c1-6-8-10-12-14-16-18-20-22-24-26-27-28-29-30-31-32-34-36-38-40-42-44-46-48-50-56(60)57-54(53-64-65(61,62)63-52-51-58(3,4)5)55(59)49-47-45-43-41-39-37-35-33-25-23-21-19-17-15-13-11-9-7-2/h39,41,47,49,54-55,59H,6-38,40,42-46,48,50-53H2,1-5H3,(H-,57,60,61,62)/p+1/b41-39+,49-47+. The largest absolute Gasteiger partial charge is 0.472 e. The maximum absolute atomic E-state index is 13.0. The molecule has 0 heterocycles. The van der Waals surface area contributed by atoms with E-state index in [0.717, 1.165) is 38.5 Å². The minimum absolute atomic E-state index is 0.0587. The molecule has 9 heteroatoms. The molecule has 3 N–H and O–H groups in total. The number of amides is 1. The summed E-state index contributed by atoms with van der Waals surface area (Å²) < 4.78 is 23.7. The molecule has 0 aromatic rings. The van der Waals surface area contributed by atoms with Gasteiger partial charge in [0.2, 0.25) is 5.91 Å². The van der Waals surface area contributed by atoms with Crippen LogP contribution in [-0.4, -0.2) is 73.4 Å². The molecule has 8 nitrogen and oxygen atoms in total. The van der Waals surface area contributed by atoms with Crippen molar-refractivity contribution in [1.29, 1.82) is 0 Å². The number of aliphatic hydroxyl groups is 1. The number of quaternary nitrogens is 1. The summed E-state index contributed by atoms with van der Waals surface area (Å²) in [5.41, 5.74) is 0. The zero-order valence-electron chi connectivity index (χ0n) is 44.0. The number of likely N-dealkylation sites (N-methyl/N-ethyl adjacent to an activating group) is 1. The molecule has 0 aliphatic heterocycles. The van der Waals surface area contributed by atoms with Crippen molar-refractivity contribution in [3.05, 3.63) is 24.3 Å². The number of phosphoric acid groups is 1. The number of hydrogen-bond acceptors (Lipinski definition) is 5. The topological polar surface area (TPSA) is 105 Å². The first-order valence-electron chi connectivity index (χ1n) is 28.2. The van der Waals surface area contributed by atoms with E-state index in [1.165, 1.54) is 218 Å². The smallest absolute Gasteiger partial charge is 0.387 e. The average Bonchev–Trinajstić information content (AvgIpc) is 3.26. The molecule has 0 saturated carbocycles. The van der Waals surface area contributed by atoms with E-state index in [-0.39, 0.29) is 19.1 Å². The van der Waals surface area contributed by atoms with Crippen molar-refractivity contribution in [3.8, 4) is 0 Å². The first-order valence-corrected chi connectivity index (χ1v) is 29.7. The van der Waals surface area contributed by atoms with Gasteiger partial charge in [-0.1, -0.05) is 263 Å². The zero-order chi connectivity index (χ0) is 47.8. The summed E-state index contributed by atoms with van der Waals surface area (Å²) in [6.45, 7) is 4.83. The van der Waals surface area contributed by atoms with E-state index in [9.17, 15) is 19.4 Å². The Morgan fingerprint density at radius 1 is 0.508 bits per heavy atom. The number of nitrogens with zero attached hydrogens (tertiary/aromatic N) is 1. The van der Waals surface area contributed by atoms with Crippen molar-refractivity contribution < 1.29 is 32.9 Å². The molecule has 0 aromatic carbocycles. The molecule has 0 spiro atoms. The lowest BCUT2D eigenvalue weighted by molar-refractivity contribution is -0.870. The summed E-state index contributed by atoms with van der Waals surface area (Å²) in [4.78, 5) is 23.3. The number of nitrogens with one attached hydrogen (secondary N) is 1. The number of allylic oxidation sites excluding steroid dienone is 3. The number of rotatable bonds is 52. The Kier molecular flexibility index (Phi) is 47.3. The van der Waals surface area contributed by atoms with Crippen LogP contribution in [0.25, 0.3) is 0 Å². The molecule has 0 saturated heterocycles. The molecule has 65 heavy (non-hydrogen) atoms. The van der Waals surface area contributed by atoms with Crippen LogP contribution in [0.5, 0.6) is 0 Å². The van der Waals surface area contributed by atoms with E-state index in [1.54, 1.807) is 6.08 Å². The zero-order valence-corrected chi connectivity index (χ0v) is 44.9. The molecule has 3 atom stereocenters. The summed E-state index contributed by atoms with van der Waals surface area (Å²) in [6, 6.07) is -0.859. The molecular weight excluding hydrogens is 828 g/mol. The number of phosphoric ester groups is 1. The van der Waals surface area contributed by atoms with Gasteiger partial charge in [0.25, 0.3) is 0 Å². The third kappa shape index (κ3) is 50.7. The maximum Gasteiger partial charge on any atom is 0.472 e. The average molecular weight is 940 g/mol. The highest BCUT2D eigenvalue weighted by atomic mass is 31.2. The third-order valence-electron chi connectivity index (χ3n) is 12.9. The van der Waals surface area contributed by atoms with Gasteiger partial charge in [-0.3, -0.25) is 13.8 Å². The van der Waals surface area contributed by atoms with E-state index < -0.39 is 20.0 Å². The van der Waals surface area contributed by atoms with Gasteiger partial charge in [-0.15, -0.1) is 0 Å². The number of unbranched alkanes of at least 4 members (excludes halogenated alkanes) is 37. The van der Waals surface area contributed by atoms with Crippen LogP contribution >= 0.6 is 7.82 Å².